The number of anilines is 1. The van der Waals surface area contributed by atoms with Crippen LogP contribution in [0.5, 0.6) is 0 Å². The Morgan fingerprint density at radius 2 is 1.89 bits per heavy atom. The van der Waals surface area contributed by atoms with Crippen LogP contribution in [0.25, 0.3) is 11.0 Å². The average Bonchev–Trinajstić information content (AvgIpc) is 2.66. The lowest BCUT2D eigenvalue weighted by Gasteiger charge is -2.31. The van der Waals surface area contributed by atoms with Gasteiger partial charge in [-0.2, -0.15) is 0 Å². The Hall–Kier alpha value is -0.930. The molecule has 2 aromatic rings. The normalized spacial score (nSPS) is 23.9. The summed E-state index contributed by atoms with van der Waals surface area (Å²) in [5.74, 6) is 1.18. The number of fused-ring (bicyclic) bond motifs is 1. The molecule has 1 aliphatic carbocycles. The zero-order valence-electron chi connectivity index (χ0n) is 10.9. The molecule has 1 aromatic heterocycles. The monoisotopic (exact) mass is 297 g/mol. The second-order valence-corrected chi connectivity index (χ2v) is 6.24. The Bertz CT molecular complexity index is 621. The maximum absolute atomic E-state index is 6.13. The molecule has 1 aromatic carbocycles. The third-order valence-electron chi connectivity index (χ3n) is 4.16. The maximum atomic E-state index is 6.13. The zero-order valence-corrected chi connectivity index (χ0v) is 12.4. The third kappa shape index (κ3) is 2.19. The van der Waals surface area contributed by atoms with Crippen LogP contribution in [0.3, 0.4) is 0 Å². The van der Waals surface area contributed by atoms with Crippen molar-refractivity contribution in [3.63, 3.8) is 0 Å². The quantitative estimate of drug-likeness (QED) is 0.831. The van der Waals surface area contributed by atoms with E-state index in [1.54, 1.807) is 6.07 Å². The largest absolute Gasteiger partial charge is 0.369 e. The van der Waals surface area contributed by atoms with Crippen LogP contribution in [0.15, 0.2) is 12.1 Å². The molecule has 1 heterocycles. The van der Waals surface area contributed by atoms with Gasteiger partial charge in [-0.25, -0.2) is 4.98 Å². The summed E-state index contributed by atoms with van der Waals surface area (Å²) in [6.07, 6.45) is 4.94. The number of benzene rings is 1. The van der Waals surface area contributed by atoms with Gasteiger partial charge in [-0.3, -0.25) is 0 Å². The van der Waals surface area contributed by atoms with Crippen LogP contribution >= 0.6 is 23.2 Å². The molecule has 2 N–H and O–H groups in total. The van der Waals surface area contributed by atoms with Crippen LogP contribution in [0.4, 0.5) is 5.95 Å². The molecule has 1 aliphatic rings. The van der Waals surface area contributed by atoms with Crippen LogP contribution < -0.4 is 5.73 Å². The third-order valence-corrected chi connectivity index (χ3v) is 4.88. The number of nitrogens with two attached hydrogens (primary N) is 1. The number of rotatable bonds is 1. The fraction of sp³-hybridized carbons (Fsp3) is 0.500. The van der Waals surface area contributed by atoms with Crippen molar-refractivity contribution in [1.82, 2.24) is 9.55 Å². The van der Waals surface area contributed by atoms with Crippen molar-refractivity contribution >= 4 is 40.2 Å². The number of nitrogen functional groups attached to an aromatic ring is 1. The van der Waals surface area contributed by atoms with Crippen LogP contribution in [0, 0.1) is 5.92 Å². The van der Waals surface area contributed by atoms with Crippen molar-refractivity contribution < 1.29 is 0 Å². The lowest BCUT2D eigenvalue weighted by Crippen LogP contribution is -2.22. The molecule has 0 radical (unpaired) electrons. The predicted octanol–water partition coefficient (Wildman–Crippen LogP) is 4.68. The van der Waals surface area contributed by atoms with Gasteiger partial charge in [-0.15, -0.1) is 0 Å². The number of aromatic nitrogens is 2. The van der Waals surface area contributed by atoms with Crippen molar-refractivity contribution in [2.75, 3.05) is 5.73 Å². The van der Waals surface area contributed by atoms with Crippen LogP contribution in [-0.2, 0) is 0 Å². The Balaban J connectivity index is 2.16. The lowest BCUT2D eigenvalue weighted by molar-refractivity contribution is 0.264. The number of halogens is 2. The predicted molar refractivity (Wildman–Crippen MR) is 80.8 cm³/mol. The Kier molecular flexibility index (Phi) is 3.35. The first-order chi connectivity index (χ1) is 9.08. The van der Waals surface area contributed by atoms with E-state index in [0.29, 0.717) is 28.0 Å². The van der Waals surface area contributed by atoms with Crippen molar-refractivity contribution in [3.05, 3.63) is 22.2 Å². The summed E-state index contributed by atoms with van der Waals surface area (Å²) in [6, 6.07) is 4.08. The molecule has 3 rings (SSSR count). The first-order valence-corrected chi connectivity index (χ1v) is 7.46. The fourth-order valence-corrected chi connectivity index (χ4v) is 3.45. The highest BCUT2D eigenvalue weighted by molar-refractivity contribution is 6.42. The Labute approximate surface area is 122 Å². The summed E-state index contributed by atoms with van der Waals surface area (Å²) in [6.45, 7) is 2.28. The Morgan fingerprint density at radius 3 is 2.63 bits per heavy atom. The van der Waals surface area contributed by atoms with E-state index >= 15 is 0 Å². The molecule has 0 aliphatic heterocycles. The highest BCUT2D eigenvalue weighted by Crippen LogP contribution is 2.38. The number of hydrogen-bond acceptors (Lipinski definition) is 2. The van der Waals surface area contributed by atoms with Crippen molar-refractivity contribution in [2.24, 2.45) is 5.92 Å². The summed E-state index contributed by atoms with van der Waals surface area (Å²) < 4.78 is 2.14. The molecule has 1 saturated carbocycles. The van der Waals surface area contributed by atoms with E-state index in [-0.39, 0.29) is 0 Å². The van der Waals surface area contributed by atoms with Crippen LogP contribution in [0.2, 0.25) is 10.0 Å². The van der Waals surface area contributed by atoms with E-state index in [0.717, 1.165) is 17.5 Å². The summed E-state index contributed by atoms with van der Waals surface area (Å²) in [5, 5.41) is 1.08. The van der Waals surface area contributed by atoms with Crippen LogP contribution in [-0.4, -0.2) is 9.55 Å². The molecule has 0 spiro atoms. The molecule has 2 unspecified atom stereocenters. The number of hydrogen-bond donors (Lipinski definition) is 1. The molecule has 0 bridgehead atoms. The highest BCUT2D eigenvalue weighted by Gasteiger charge is 2.26. The molecular formula is C14H17Cl2N3. The summed E-state index contributed by atoms with van der Waals surface area (Å²) >= 11 is 12.2. The standard InChI is InChI=1S/C14H17Cl2N3/c1-8-4-2-3-5-12(8)19-13-7-10(16)9(15)6-11(13)18-14(19)17/h6-8,12H,2-5H2,1H3,(H2,17,18). The Morgan fingerprint density at radius 1 is 1.21 bits per heavy atom. The van der Waals surface area contributed by atoms with Gasteiger partial charge in [-0.1, -0.05) is 43.0 Å². The minimum Gasteiger partial charge on any atom is -0.369 e. The fourth-order valence-electron chi connectivity index (χ4n) is 3.14. The van der Waals surface area contributed by atoms with Gasteiger partial charge >= 0.3 is 0 Å². The van der Waals surface area contributed by atoms with E-state index in [9.17, 15) is 0 Å². The average molecular weight is 298 g/mol. The molecule has 19 heavy (non-hydrogen) atoms. The van der Waals surface area contributed by atoms with Crippen molar-refractivity contribution in [3.8, 4) is 0 Å². The van der Waals surface area contributed by atoms with Gasteiger partial charge in [0.25, 0.3) is 0 Å². The molecule has 3 nitrogen and oxygen atoms in total. The van der Waals surface area contributed by atoms with Crippen LogP contribution in [0.1, 0.15) is 38.6 Å². The summed E-state index contributed by atoms with van der Waals surface area (Å²) in [4.78, 5) is 4.42. The molecule has 2 atom stereocenters. The topological polar surface area (TPSA) is 43.8 Å². The summed E-state index contributed by atoms with van der Waals surface area (Å²) in [5.41, 5.74) is 7.93. The molecular weight excluding hydrogens is 281 g/mol. The number of imidazole rings is 1. The SMILES string of the molecule is CC1CCCCC1n1c(N)nc2cc(Cl)c(Cl)cc21. The van der Waals surface area contributed by atoms with E-state index in [1.165, 1.54) is 19.3 Å². The van der Waals surface area contributed by atoms with E-state index < -0.39 is 0 Å². The first kappa shape index (κ1) is 13.1. The van der Waals surface area contributed by atoms with Gasteiger partial charge in [0.15, 0.2) is 0 Å². The maximum Gasteiger partial charge on any atom is 0.201 e. The second kappa shape index (κ2) is 4.88. The van der Waals surface area contributed by atoms with Crippen molar-refractivity contribution in [1.29, 1.82) is 0 Å². The van der Waals surface area contributed by atoms with E-state index in [2.05, 4.69) is 16.5 Å². The van der Waals surface area contributed by atoms with Gasteiger partial charge in [-0.05, 0) is 30.9 Å². The lowest BCUT2D eigenvalue weighted by atomic mass is 9.85. The smallest absolute Gasteiger partial charge is 0.201 e. The van der Waals surface area contributed by atoms with Gasteiger partial charge in [0.2, 0.25) is 5.95 Å². The minimum absolute atomic E-state index is 0.413. The zero-order chi connectivity index (χ0) is 13.6. The minimum atomic E-state index is 0.413. The molecule has 5 heteroatoms. The van der Waals surface area contributed by atoms with E-state index in [4.69, 9.17) is 28.9 Å². The number of nitrogens with zero attached hydrogens (tertiary/aromatic N) is 2. The van der Waals surface area contributed by atoms with Crippen molar-refractivity contribution in [2.45, 2.75) is 38.6 Å². The molecule has 0 saturated heterocycles. The molecule has 1 fully saturated rings. The van der Waals surface area contributed by atoms with Gasteiger partial charge in [0, 0.05) is 6.04 Å². The highest BCUT2D eigenvalue weighted by atomic mass is 35.5. The molecule has 0 amide bonds. The summed E-state index contributed by atoms with van der Waals surface area (Å²) in [7, 11) is 0. The second-order valence-electron chi connectivity index (χ2n) is 5.42. The first-order valence-electron chi connectivity index (χ1n) is 6.70. The van der Waals surface area contributed by atoms with Gasteiger partial charge in [0.1, 0.15) is 0 Å². The van der Waals surface area contributed by atoms with Gasteiger partial charge < -0.3 is 10.3 Å². The van der Waals surface area contributed by atoms with Gasteiger partial charge in [0.05, 0.1) is 21.1 Å². The molecule has 102 valence electrons. The van der Waals surface area contributed by atoms with E-state index in [1.807, 2.05) is 6.07 Å².